The van der Waals surface area contributed by atoms with Crippen molar-refractivity contribution in [2.24, 2.45) is 40.3 Å². The van der Waals surface area contributed by atoms with Crippen molar-refractivity contribution in [3.8, 4) is 0 Å². The molecule has 23 heavy (non-hydrogen) atoms. The SMILES string of the molecule is C[C@@]12CC=C(NN)C=C1CC[C@H]1[C@H]2CC[C@]2(C)C(NN)=CC[C@H]12. The van der Waals surface area contributed by atoms with Crippen LogP contribution < -0.4 is 22.5 Å². The van der Waals surface area contributed by atoms with Crippen molar-refractivity contribution in [1.82, 2.24) is 10.9 Å². The van der Waals surface area contributed by atoms with Gasteiger partial charge in [-0.3, -0.25) is 11.7 Å². The second kappa shape index (κ2) is 5.12. The lowest BCUT2D eigenvalue weighted by Crippen LogP contribution is -2.50. The fraction of sp³-hybridized carbons (Fsp3) is 0.684. The zero-order valence-corrected chi connectivity index (χ0v) is 14.4. The standard InChI is InChI=1S/C19H30N4/c1-18-9-7-13(22-20)11-12(18)3-4-14-15-5-6-17(23-21)19(15,2)10-8-16(14)18/h6-7,11,14-16,22-23H,3-5,8-10,20-21H2,1-2H3/t14-,15-,16-,18-,19+/m1/s1. The van der Waals surface area contributed by atoms with E-state index in [-0.39, 0.29) is 5.41 Å². The molecule has 2 saturated carbocycles. The summed E-state index contributed by atoms with van der Waals surface area (Å²) in [7, 11) is 0. The number of hydrazine groups is 2. The van der Waals surface area contributed by atoms with Crippen LogP contribution in [-0.4, -0.2) is 0 Å². The number of nitrogens with one attached hydrogen (secondary N) is 2. The Morgan fingerprint density at radius 1 is 1.04 bits per heavy atom. The minimum atomic E-state index is 0.266. The monoisotopic (exact) mass is 314 g/mol. The molecule has 6 N–H and O–H groups in total. The second-order valence-corrected chi connectivity index (χ2v) is 8.46. The summed E-state index contributed by atoms with van der Waals surface area (Å²) in [5, 5.41) is 0. The number of rotatable bonds is 2. The minimum Gasteiger partial charge on any atom is -0.328 e. The maximum absolute atomic E-state index is 5.80. The van der Waals surface area contributed by atoms with Gasteiger partial charge in [0.25, 0.3) is 0 Å². The van der Waals surface area contributed by atoms with Crippen LogP contribution in [0.2, 0.25) is 0 Å². The summed E-state index contributed by atoms with van der Waals surface area (Å²) >= 11 is 0. The van der Waals surface area contributed by atoms with Gasteiger partial charge in [0.2, 0.25) is 0 Å². The molecule has 4 rings (SSSR count). The number of allylic oxidation sites excluding steroid dienone is 5. The van der Waals surface area contributed by atoms with Crippen LogP contribution in [0.25, 0.3) is 0 Å². The normalized spacial score (nSPS) is 45.0. The summed E-state index contributed by atoms with van der Waals surface area (Å²) < 4.78 is 0. The fourth-order valence-corrected chi connectivity index (χ4v) is 6.31. The van der Waals surface area contributed by atoms with E-state index in [0.717, 1.165) is 29.9 Å². The highest BCUT2D eigenvalue weighted by atomic mass is 15.2. The molecule has 4 heteroatoms. The van der Waals surface area contributed by atoms with Gasteiger partial charge in [-0.15, -0.1) is 0 Å². The van der Waals surface area contributed by atoms with Crippen LogP contribution in [0.1, 0.15) is 52.4 Å². The zero-order valence-electron chi connectivity index (χ0n) is 14.4. The maximum Gasteiger partial charge on any atom is 0.0445 e. The molecule has 4 aliphatic carbocycles. The van der Waals surface area contributed by atoms with E-state index in [4.69, 9.17) is 11.7 Å². The number of hydrogen-bond donors (Lipinski definition) is 4. The molecule has 0 heterocycles. The Morgan fingerprint density at radius 2 is 1.87 bits per heavy atom. The summed E-state index contributed by atoms with van der Waals surface area (Å²) in [6, 6.07) is 0. The molecule has 0 aromatic rings. The van der Waals surface area contributed by atoms with Crippen LogP contribution in [-0.2, 0) is 0 Å². The molecule has 0 bridgehead atoms. The van der Waals surface area contributed by atoms with Gasteiger partial charge >= 0.3 is 0 Å². The predicted octanol–water partition coefficient (Wildman–Crippen LogP) is 2.86. The highest BCUT2D eigenvalue weighted by molar-refractivity contribution is 5.35. The molecule has 0 amide bonds. The second-order valence-electron chi connectivity index (χ2n) is 8.46. The molecule has 0 saturated heterocycles. The summed E-state index contributed by atoms with van der Waals surface area (Å²) in [5.41, 5.74) is 10.4. The maximum atomic E-state index is 5.80. The predicted molar refractivity (Wildman–Crippen MR) is 93.3 cm³/mol. The molecule has 0 aliphatic heterocycles. The molecule has 0 aromatic heterocycles. The lowest BCUT2D eigenvalue weighted by Gasteiger charge is -2.57. The van der Waals surface area contributed by atoms with Crippen LogP contribution in [0, 0.1) is 28.6 Å². The van der Waals surface area contributed by atoms with Crippen molar-refractivity contribution < 1.29 is 0 Å². The fourth-order valence-electron chi connectivity index (χ4n) is 6.31. The van der Waals surface area contributed by atoms with Gasteiger partial charge in [0, 0.05) is 16.8 Å². The third-order valence-corrected chi connectivity index (χ3v) is 7.71. The highest BCUT2D eigenvalue weighted by Gasteiger charge is 2.56. The van der Waals surface area contributed by atoms with Gasteiger partial charge in [-0.2, -0.15) is 0 Å². The van der Waals surface area contributed by atoms with Gasteiger partial charge < -0.3 is 10.9 Å². The molecule has 5 atom stereocenters. The van der Waals surface area contributed by atoms with E-state index in [1.54, 1.807) is 5.57 Å². The lowest BCUT2D eigenvalue weighted by atomic mass is 9.47. The Hall–Kier alpha value is -1.26. The van der Waals surface area contributed by atoms with Crippen molar-refractivity contribution in [2.45, 2.75) is 52.4 Å². The van der Waals surface area contributed by atoms with Crippen LogP contribution in [0.15, 0.2) is 35.2 Å². The first kappa shape index (κ1) is 15.3. The Bertz CT molecular complexity index is 604. The number of fused-ring (bicyclic) bond motifs is 5. The van der Waals surface area contributed by atoms with E-state index in [9.17, 15) is 0 Å². The smallest absolute Gasteiger partial charge is 0.0445 e. The van der Waals surface area contributed by atoms with E-state index in [1.807, 2.05) is 0 Å². The minimum absolute atomic E-state index is 0.266. The molecule has 126 valence electrons. The molecule has 4 aliphatic rings. The molecule has 0 spiro atoms. The summed E-state index contributed by atoms with van der Waals surface area (Å²) in [6.45, 7) is 4.92. The van der Waals surface area contributed by atoms with Gasteiger partial charge in [-0.05, 0) is 67.8 Å². The van der Waals surface area contributed by atoms with Crippen molar-refractivity contribution in [2.75, 3.05) is 0 Å². The topological polar surface area (TPSA) is 76.1 Å². The van der Waals surface area contributed by atoms with Crippen LogP contribution in [0.5, 0.6) is 0 Å². The van der Waals surface area contributed by atoms with Gasteiger partial charge in [0.15, 0.2) is 0 Å². The van der Waals surface area contributed by atoms with E-state index in [0.29, 0.717) is 5.41 Å². The van der Waals surface area contributed by atoms with Crippen LogP contribution >= 0.6 is 0 Å². The average molecular weight is 314 g/mol. The van der Waals surface area contributed by atoms with Gasteiger partial charge in [0.05, 0.1) is 0 Å². The van der Waals surface area contributed by atoms with E-state index >= 15 is 0 Å². The molecule has 0 aromatic carbocycles. The number of hydrogen-bond acceptors (Lipinski definition) is 4. The first-order chi connectivity index (χ1) is 11.0. The Labute approximate surface area is 139 Å². The molecule has 0 radical (unpaired) electrons. The summed E-state index contributed by atoms with van der Waals surface area (Å²) in [5.74, 6) is 13.8. The Kier molecular flexibility index (Phi) is 3.40. The Balaban J connectivity index is 1.64. The van der Waals surface area contributed by atoms with Crippen molar-refractivity contribution in [3.05, 3.63) is 35.2 Å². The van der Waals surface area contributed by atoms with Crippen LogP contribution in [0.4, 0.5) is 0 Å². The number of nitrogens with two attached hydrogens (primary N) is 2. The molecule has 0 unspecified atom stereocenters. The largest absolute Gasteiger partial charge is 0.328 e. The van der Waals surface area contributed by atoms with Gasteiger partial charge in [0.1, 0.15) is 0 Å². The van der Waals surface area contributed by atoms with Gasteiger partial charge in [-0.1, -0.05) is 31.6 Å². The Morgan fingerprint density at radius 3 is 2.61 bits per heavy atom. The van der Waals surface area contributed by atoms with E-state index < -0.39 is 0 Å². The lowest BCUT2D eigenvalue weighted by molar-refractivity contribution is -0.0240. The first-order valence-corrected chi connectivity index (χ1v) is 9.08. The van der Waals surface area contributed by atoms with Crippen molar-refractivity contribution in [3.63, 3.8) is 0 Å². The van der Waals surface area contributed by atoms with Gasteiger partial charge in [-0.25, -0.2) is 0 Å². The van der Waals surface area contributed by atoms with Crippen LogP contribution in [0.3, 0.4) is 0 Å². The van der Waals surface area contributed by atoms with Crippen molar-refractivity contribution in [1.29, 1.82) is 0 Å². The summed E-state index contributed by atoms with van der Waals surface area (Å²) in [4.78, 5) is 0. The van der Waals surface area contributed by atoms with E-state index in [2.05, 4.69) is 42.9 Å². The molecule has 2 fully saturated rings. The highest BCUT2D eigenvalue weighted by Crippen LogP contribution is 2.64. The average Bonchev–Trinajstić information content (AvgIpc) is 2.90. The summed E-state index contributed by atoms with van der Waals surface area (Å²) in [6.07, 6.45) is 14.4. The molecular weight excluding hydrogens is 284 g/mol. The van der Waals surface area contributed by atoms with E-state index in [1.165, 1.54) is 37.8 Å². The quantitative estimate of drug-likeness (QED) is 0.467. The van der Waals surface area contributed by atoms with Crippen molar-refractivity contribution >= 4 is 0 Å². The third kappa shape index (κ3) is 1.97. The molecular formula is C19H30N4. The zero-order chi connectivity index (χ0) is 16.2. The molecule has 4 nitrogen and oxygen atoms in total. The first-order valence-electron chi connectivity index (χ1n) is 9.08. The third-order valence-electron chi connectivity index (χ3n) is 7.71.